The first kappa shape index (κ1) is 13.8. The highest BCUT2D eigenvalue weighted by molar-refractivity contribution is 7.90. The first-order valence-corrected chi connectivity index (χ1v) is 7.82. The largest absolute Gasteiger partial charge is 0.392 e. The Labute approximate surface area is 113 Å². The summed E-state index contributed by atoms with van der Waals surface area (Å²) in [4.78, 5) is 0.325. The third-order valence-corrected chi connectivity index (χ3v) is 4.27. The first-order valence-electron chi connectivity index (χ1n) is 5.93. The molecule has 100 valence electrons. The lowest BCUT2D eigenvalue weighted by Crippen LogP contribution is -2.00. The molecule has 0 heterocycles. The van der Waals surface area contributed by atoms with Gasteiger partial charge in [-0.3, -0.25) is 0 Å². The molecule has 0 aliphatic heterocycles. The maximum Gasteiger partial charge on any atom is 0.176 e. The van der Waals surface area contributed by atoms with E-state index >= 15 is 0 Å². The number of hydrogen-bond acceptors (Lipinski definition) is 3. The molecule has 0 saturated carbocycles. The van der Waals surface area contributed by atoms with E-state index in [0.717, 1.165) is 16.7 Å². The molecule has 0 saturated heterocycles. The van der Waals surface area contributed by atoms with Crippen molar-refractivity contribution in [2.24, 2.45) is 0 Å². The highest BCUT2D eigenvalue weighted by Crippen LogP contribution is 2.28. The van der Waals surface area contributed by atoms with Crippen LogP contribution >= 0.6 is 0 Å². The molecule has 19 heavy (non-hydrogen) atoms. The second-order valence-corrected chi connectivity index (χ2v) is 6.55. The van der Waals surface area contributed by atoms with Crippen LogP contribution in [0.1, 0.15) is 11.1 Å². The molecule has 0 amide bonds. The van der Waals surface area contributed by atoms with Crippen molar-refractivity contribution in [1.29, 1.82) is 0 Å². The van der Waals surface area contributed by atoms with Crippen LogP contribution in [0.2, 0.25) is 0 Å². The molecule has 0 atom stereocenters. The van der Waals surface area contributed by atoms with E-state index in [4.69, 9.17) is 5.11 Å². The van der Waals surface area contributed by atoms with E-state index in [1.165, 1.54) is 6.26 Å². The van der Waals surface area contributed by atoms with E-state index in [9.17, 15) is 8.42 Å². The van der Waals surface area contributed by atoms with Gasteiger partial charge in [0, 0.05) is 11.8 Å². The minimum Gasteiger partial charge on any atom is -0.392 e. The molecule has 0 aromatic heterocycles. The Morgan fingerprint density at radius 3 is 2.37 bits per heavy atom. The fourth-order valence-electron chi connectivity index (χ4n) is 2.07. The van der Waals surface area contributed by atoms with Crippen LogP contribution in [0.4, 0.5) is 0 Å². The van der Waals surface area contributed by atoms with E-state index in [1.54, 1.807) is 18.2 Å². The molecule has 0 radical (unpaired) electrons. The Morgan fingerprint density at radius 1 is 1.11 bits per heavy atom. The molecule has 2 aromatic carbocycles. The maximum atomic E-state index is 11.8. The van der Waals surface area contributed by atoms with Crippen LogP contribution in [-0.4, -0.2) is 19.8 Å². The summed E-state index contributed by atoms with van der Waals surface area (Å²) >= 11 is 0. The van der Waals surface area contributed by atoms with E-state index < -0.39 is 9.84 Å². The van der Waals surface area contributed by atoms with Gasteiger partial charge in [-0.1, -0.05) is 36.4 Å². The zero-order valence-electron chi connectivity index (χ0n) is 10.9. The van der Waals surface area contributed by atoms with Gasteiger partial charge in [0.15, 0.2) is 9.84 Å². The van der Waals surface area contributed by atoms with Gasteiger partial charge in [-0.2, -0.15) is 0 Å². The van der Waals surface area contributed by atoms with E-state index in [-0.39, 0.29) is 6.61 Å². The molecule has 0 aliphatic rings. The van der Waals surface area contributed by atoms with Gasteiger partial charge in [-0.15, -0.1) is 0 Å². The number of aryl methyl sites for hydroxylation is 1. The Balaban J connectivity index is 2.63. The zero-order valence-corrected chi connectivity index (χ0v) is 11.7. The van der Waals surface area contributed by atoms with Crippen LogP contribution < -0.4 is 0 Å². The van der Waals surface area contributed by atoms with Crippen LogP contribution in [0.15, 0.2) is 47.4 Å². The predicted octanol–water partition coefficient (Wildman–Crippen LogP) is 2.56. The Hall–Kier alpha value is -1.65. The molecule has 0 spiro atoms. The molecule has 2 rings (SSSR count). The summed E-state index contributed by atoms with van der Waals surface area (Å²) in [5.41, 5.74) is 3.33. The van der Waals surface area contributed by atoms with Gasteiger partial charge in [-0.25, -0.2) is 8.42 Å². The van der Waals surface area contributed by atoms with Gasteiger partial charge in [0.2, 0.25) is 0 Å². The van der Waals surface area contributed by atoms with Gasteiger partial charge < -0.3 is 5.11 Å². The lowest BCUT2D eigenvalue weighted by atomic mass is 10.0. The van der Waals surface area contributed by atoms with Crippen LogP contribution in [0.5, 0.6) is 0 Å². The lowest BCUT2D eigenvalue weighted by molar-refractivity contribution is 0.281. The van der Waals surface area contributed by atoms with Crippen molar-refractivity contribution >= 4 is 9.84 Å². The first-order chi connectivity index (χ1) is 8.93. The second kappa shape index (κ2) is 5.15. The zero-order chi connectivity index (χ0) is 14.0. The molecule has 0 bridgehead atoms. The van der Waals surface area contributed by atoms with Gasteiger partial charge >= 0.3 is 0 Å². The Morgan fingerprint density at radius 2 is 1.79 bits per heavy atom. The van der Waals surface area contributed by atoms with E-state index in [0.29, 0.717) is 10.5 Å². The average molecular weight is 276 g/mol. The number of hydrogen-bond donors (Lipinski definition) is 1. The Bertz CT molecular complexity index is 703. The summed E-state index contributed by atoms with van der Waals surface area (Å²) in [6, 6.07) is 12.5. The molecule has 0 unspecified atom stereocenters. The molecular weight excluding hydrogens is 260 g/mol. The summed E-state index contributed by atoms with van der Waals surface area (Å²) in [5.74, 6) is 0. The highest BCUT2D eigenvalue weighted by Gasteiger charge is 2.14. The third kappa shape index (κ3) is 2.85. The number of sulfone groups is 1. The normalized spacial score (nSPS) is 11.5. The SMILES string of the molecule is Cc1cc(-c2ccccc2S(C)(=O)=O)ccc1CO. The lowest BCUT2D eigenvalue weighted by Gasteiger charge is -2.10. The summed E-state index contributed by atoms with van der Waals surface area (Å²) in [7, 11) is -3.26. The maximum absolute atomic E-state index is 11.8. The molecular formula is C15H16O3S. The van der Waals surface area contributed by atoms with E-state index in [2.05, 4.69) is 0 Å². The molecule has 2 aromatic rings. The summed E-state index contributed by atoms with van der Waals surface area (Å²) in [6.45, 7) is 1.89. The van der Waals surface area contributed by atoms with Crippen LogP contribution in [0, 0.1) is 6.92 Å². The molecule has 3 nitrogen and oxygen atoms in total. The minimum absolute atomic E-state index is 0.0141. The van der Waals surface area contributed by atoms with Crippen molar-refractivity contribution in [2.75, 3.05) is 6.26 Å². The predicted molar refractivity (Wildman–Crippen MR) is 75.6 cm³/mol. The molecule has 0 fully saturated rings. The number of aliphatic hydroxyl groups is 1. The topological polar surface area (TPSA) is 54.4 Å². The number of benzene rings is 2. The second-order valence-electron chi connectivity index (χ2n) is 4.57. The standard InChI is InChI=1S/C15H16O3S/c1-11-9-12(7-8-13(11)10-16)14-5-3-4-6-15(14)19(2,17)18/h3-9,16H,10H2,1-2H3. The fourth-order valence-corrected chi connectivity index (χ4v) is 2.98. The van der Waals surface area contributed by atoms with E-state index in [1.807, 2.05) is 31.2 Å². The van der Waals surface area contributed by atoms with Gasteiger partial charge in [0.1, 0.15) is 0 Å². The molecule has 1 N–H and O–H groups in total. The van der Waals surface area contributed by atoms with Gasteiger partial charge in [-0.05, 0) is 29.7 Å². The van der Waals surface area contributed by atoms with Gasteiger partial charge in [0.05, 0.1) is 11.5 Å². The fraction of sp³-hybridized carbons (Fsp3) is 0.200. The van der Waals surface area contributed by atoms with Crippen molar-refractivity contribution in [3.8, 4) is 11.1 Å². The summed E-state index contributed by atoms with van der Waals surface area (Å²) < 4.78 is 23.6. The smallest absolute Gasteiger partial charge is 0.176 e. The average Bonchev–Trinajstić information content (AvgIpc) is 2.37. The number of aliphatic hydroxyl groups excluding tert-OH is 1. The summed E-state index contributed by atoms with van der Waals surface area (Å²) in [6.07, 6.45) is 1.21. The quantitative estimate of drug-likeness (QED) is 0.937. The van der Waals surface area contributed by atoms with Crippen molar-refractivity contribution in [3.05, 3.63) is 53.6 Å². The van der Waals surface area contributed by atoms with Crippen molar-refractivity contribution in [1.82, 2.24) is 0 Å². The molecule has 4 heteroatoms. The Kier molecular flexibility index (Phi) is 3.73. The third-order valence-electron chi connectivity index (χ3n) is 3.11. The van der Waals surface area contributed by atoms with Crippen LogP contribution in [-0.2, 0) is 16.4 Å². The highest BCUT2D eigenvalue weighted by atomic mass is 32.2. The number of rotatable bonds is 3. The van der Waals surface area contributed by atoms with Crippen molar-refractivity contribution in [3.63, 3.8) is 0 Å². The molecule has 0 aliphatic carbocycles. The van der Waals surface area contributed by atoms with Crippen molar-refractivity contribution in [2.45, 2.75) is 18.4 Å². The monoisotopic (exact) mass is 276 g/mol. The van der Waals surface area contributed by atoms with Crippen molar-refractivity contribution < 1.29 is 13.5 Å². The van der Waals surface area contributed by atoms with Crippen LogP contribution in [0.25, 0.3) is 11.1 Å². The minimum atomic E-state index is -3.26. The van der Waals surface area contributed by atoms with Gasteiger partial charge in [0.25, 0.3) is 0 Å². The summed E-state index contributed by atoms with van der Waals surface area (Å²) in [5, 5.41) is 9.17. The van der Waals surface area contributed by atoms with Crippen LogP contribution in [0.3, 0.4) is 0 Å².